The third kappa shape index (κ3) is 2.70. The fourth-order valence-corrected chi connectivity index (χ4v) is 5.69. The number of Topliss-reactive ketones (excluding diaryl/α,β-unsaturated/α-hetero) is 2. The number of hydrogen-bond donors (Lipinski definition) is 0. The lowest BCUT2D eigenvalue weighted by atomic mass is 9.77. The standard InChI is InChI=1S/C28H21NO6/c1-15-7-3-4-8-18(15)23-21-22(27(33)29(26(21)32)16-11-13-17(34-2)14-12-16)28(35-23)24(30)19-9-5-6-10-20(19)25(28)31/h3-14,21-23H,1-2H3/t21-,22+,23-/m1/s1. The van der Waals surface area contributed by atoms with Crippen molar-refractivity contribution in [2.75, 3.05) is 12.0 Å². The summed E-state index contributed by atoms with van der Waals surface area (Å²) < 4.78 is 11.5. The number of rotatable bonds is 3. The number of methoxy groups -OCH3 is 1. The molecule has 35 heavy (non-hydrogen) atoms. The quantitative estimate of drug-likeness (QED) is 0.431. The van der Waals surface area contributed by atoms with Crippen LogP contribution in [0.4, 0.5) is 5.69 Å². The zero-order valence-electron chi connectivity index (χ0n) is 19.1. The third-order valence-corrected chi connectivity index (χ3v) is 7.34. The van der Waals surface area contributed by atoms with Crippen molar-refractivity contribution in [1.82, 2.24) is 0 Å². The maximum Gasteiger partial charge on any atom is 0.241 e. The van der Waals surface area contributed by atoms with Crippen molar-refractivity contribution >= 4 is 29.1 Å². The van der Waals surface area contributed by atoms with Crippen LogP contribution in [-0.4, -0.2) is 36.1 Å². The predicted octanol–water partition coefficient (Wildman–Crippen LogP) is 3.70. The maximum absolute atomic E-state index is 13.9. The molecule has 7 nitrogen and oxygen atoms in total. The Labute approximate surface area is 201 Å². The molecule has 2 amide bonds. The number of nitrogens with zero attached hydrogens (tertiary/aromatic N) is 1. The maximum atomic E-state index is 13.9. The Kier molecular flexibility index (Phi) is 4.56. The van der Waals surface area contributed by atoms with Crippen LogP contribution in [0.1, 0.15) is 37.9 Å². The lowest BCUT2D eigenvalue weighted by molar-refractivity contribution is -0.127. The van der Waals surface area contributed by atoms with E-state index in [0.29, 0.717) is 17.0 Å². The van der Waals surface area contributed by atoms with Crippen LogP contribution in [0.3, 0.4) is 0 Å². The van der Waals surface area contributed by atoms with E-state index >= 15 is 0 Å². The van der Waals surface area contributed by atoms with Gasteiger partial charge in [0.05, 0.1) is 30.7 Å². The molecule has 0 unspecified atom stereocenters. The van der Waals surface area contributed by atoms with Gasteiger partial charge in [-0.2, -0.15) is 0 Å². The molecule has 2 saturated heterocycles. The minimum atomic E-state index is -2.07. The molecular formula is C28H21NO6. The van der Waals surface area contributed by atoms with Crippen LogP contribution < -0.4 is 9.64 Å². The minimum Gasteiger partial charge on any atom is -0.497 e. The van der Waals surface area contributed by atoms with Crippen LogP contribution in [0.2, 0.25) is 0 Å². The van der Waals surface area contributed by atoms with Crippen LogP contribution in [0.15, 0.2) is 72.8 Å². The molecule has 1 aliphatic carbocycles. The summed E-state index contributed by atoms with van der Waals surface area (Å²) in [6, 6.07) is 20.3. The number of amides is 2. The first-order valence-corrected chi connectivity index (χ1v) is 11.3. The zero-order valence-corrected chi connectivity index (χ0v) is 19.1. The van der Waals surface area contributed by atoms with Gasteiger partial charge >= 0.3 is 0 Å². The number of hydrogen-bond acceptors (Lipinski definition) is 6. The number of benzene rings is 3. The molecule has 0 radical (unpaired) electrons. The van der Waals surface area contributed by atoms with E-state index in [4.69, 9.17) is 9.47 Å². The van der Waals surface area contributed by atoms with E-state index in [1.165, 1.54) is 7.11 Å². The van der Waals surface area contributed by atoms with E-state index in [9.17, 15) is 19.2 Å². The highest BCUT2D eigenvalue weighted by molar-refractivity contribution is 6.37. The summed E-state index contributed by atoms with van der Waals surface area (Å²) in [7, 11) is 1.52. The van der Waals surface area contributed by atoms with Crippen LogP contribution >= 0.6 is 0 Å². The van der Waals surface area contributed by atoms with E-state index in [2.05, 4.69) is 0 Å². The van der Waals surface area contributed by atoms with Crippen LogP contribution in [0, 0.1) is 18.8 Å². The second-order valence-electron chi connectivity index (χ2n) is 9.05. The van der Waals surface area contributed by atoms with E-state index in [1.54, 1.807) is 60.7 Å². The number of aryl methyl sites for hydroxylation is 1. The SMILES string of the molecule is COc1ccc(N2C(=O)[C@H]3[C@@H](c4ccccc4C)OC4(C(=O)c5ccccc5C4=O)[C@@H]3C2=O)cc1. The molecule has 7 heteroatoms. The Morgan fingerprint density at radius 1 is 0.800 bits per heavy atom. The number of carbonyl (C=O) groups excluding carboxylic acids is 4. The summed E-state index contributed by atoms with van der Waals surface area (Å²) in [4.78, 5) is 56.4. The zero-order chi connectivity index (χ0) is 24.5. The van der Waals surface area contributed by atoms with Crippen molar-refractivity contribution < 1.29 is 28.7 Å². The summed E-state index contributed by atoms with van der Waals surface area (Å²) in [5, 5.41) is 0. The average molecular weight is 467 g/mol. The average Bonchev–Trinajstić information content (AvgIpc) is 3.44. The highest BCUT2D eigenvalue weighted by Gasteiger charge is 2.74. The van der Waals surface area contributed by atoms with Gasteiger partial charge in [-0.3, -0.25) is 19.2 Å². The topological polar surface area (TPSA) is 90.0 Å². The molecular weight excluding hydrogens is 446 g/mol. The monoisotopic (exact) mass is 467 g/mol. The van der Waals surface area contributed by atoms with Crippen molar-refractivity contribution in [3.8, 4) is 5.75 Å². The summed E-state index contributed by atoms with van der Waals surface area (Å²) >= 11 is 0. The molecule has 174 valence electrons. The van der Waals surface area contributed by atoms with Gasteiger partial charge in [0.1, 0.15) is 5.75 Å². The smallest absolute Gasteiger partial charge is 0.241 e. The van der Waals surface area contributed by atoms with Crippen molar-refractivity contribution in [2.45, 2.75) is 18.6 Å². The molecule has 0 saturated carbocycles. The number of ether oxygens (including phenoxy) is 2. The van der Waals surface area contributed by atoms with Gasteiger partial charge in [0.2, 0.25) is 29.0 Å². The van der Waals surface area contributed by atoms with Gasteiger partial charge in [-0.25, -0.2) is 4.90 Å². The first-order chi connectivity index (χ1) is 16.9. The molecule has 2 heterocycles. The highest BCUT2D eigenvalue weighted by atomic mass is 16.5. The van der Waals surface area contributed by atoms with Gasteiger partial charge in [-0.15, -0.1) is 0 Å². The van der Waals surface area contributed by atoms with Crippen LogP contribution in [-0.2, 0) is 14.3 Å². The van der Waals surface area contributed by atoms with Gasteiger partial charge in [-0.1, -0.05) is 48.5 Å². The molecule has 1 spiro atoms. The van der Waals surface area contributed by atoms with Crippen LogP contribution in [0.25, 0.3) is 0 Å². The minimum absolute atomic E-state index is 0.213. The van der Waals surface area contributed by atoms with E-state index in [1.807, 2.05) is 19.1 Å². The van der Waals surface area contributed by atoms with Gasteiger partial charge in [-0.05, 0) is 42.3 Å². The lowest BCUT2D eigenvalue weighted by Crippen LogP contribution is -2.51. The van der Waals surface area contributed by atoms with Gasteiger partial charge in [0.15, 0.2) is 0 Å². The predicted molar refractivity (Wildman–Crippen MR) is 125 cm³/mol. The summed E-state index contributed by atoms with van der Waals surface area (Å²) in [5.41, 5.74) is 0.217. The summed E-state index contributed by atoms with van der Waals surface area (Å²) in [6.45, 7) is 1.87. The molecule has 0 N–H and O–H groups in total. The second kappa shape index (κ2) is 7.45. The van der Waals surface area contributed by atoms with Gasteiger partial charge in [0.25, 0.3) is 0 Å². The van der Waals surface area contributed by atoms with E-state index < -0.39 is 46.9 Å². The van der Waals surface area contributed by atoms with Crippen molar-refractivity contribution in [2.24, 2.45) is 11.8 Å². The second-order valence-corrected chi connectivity index (χ2v) is 9.05. The summed E-state index contributed by atoms with van der Waals surface area (Å²) in [5.74, 6) is -3.96. The number of ketones is 2. The summed E-state index contributed by atoms with van der Waals surface area (Å²) in [6.07, 6.45) is -0.928. The first-order valence-electron chi connectivity index (χ1n) is 11.3. The number of imide groups is 1. The molecule has 3 atom stereocenters. The molecule has 6 rings (SSSR count). The van der Waals surface area contributed by atoms with E-state index in [-0.39, 0.29) is 11.1 Å². The largest absolute Gasteiger partial charge is 0.497 e. The number of fused-ring (bicyclic) bond motifs is 3. The van der Waals surface area contributed by atoms with E-state index in [0.717, 1.165) is 10.5 Å². The van der Waals surface area contributed by atoms with Crippen molar-refractivity contribution in [3.63, 3.8) is 0 Å². The van der Waals surface area contributed by atoms with Crippen LogP contribution in [0.5, 0.6) is 5.75 Å². The highest BCUT2D eigenvalue weighted by Crippen LogP contribution is 2.58. The molecule has 2 aliphatic heterocycles. The fourth-order valence-electron chi connectivity index (χ4n) is 5.69. The van der Waals surface area contributed by atoms with Crippen molar-refractivity contribution in [3.05, 3.63) is 95.1 Å². The molecule has 0 aromatic heterocycles. The Morgan fingerprint density at radius 3 is 2.00 bits per heavy atom. The molecule has 3 aliphatic rings. The molecule has 2 fully saturated rings. The fraction of sp³-hybridized carbons (Fsp3) is 0.214. The Bertz CT molecular complexity index is 1390. The Hall–Kier alpha value is -4.10. The Morgan fingerprint density at radius 2 is 1.40 bits per heavy atom. The Balaban J connectivity index is 1.54. The lowest BCUT2D eigenvalue weighted by Gasteiger charge is -2.27. The number of carbonyl (C=O) groups is 4. The van der Waals surface area contributed by atoms with Gasteiger partial charge < -0.3 is 9.47 Å². The number of anilines is 1. The first kappa shape index (κ1) is 21.4. The normalized spacial score (nSPS) is 24.3. The van der Waals surface area contributed by atoms with Gasteiger partial charge in [0, 0.05) is 11.1 Å². The van der Waals surface area contributed by atoms with Crippen molar-refractivity contribution in [1.29, 1.82) is 0 Å². The molecule has 3 aromatic rings. The molecule has 0 bridgehead atoms. The molecule has 3 aromatic carbocycles. The third-order valence-electron chi connectivity index (χ3n) is 7.34.